The molecule has 1 saturated carbocycles. The highest BCUT2D eigenvalue weighted by molar-refractivity contribution is 5.76. The van der Waals surface area contributed by atoms with Crippen LogP contribution in [0.4, 0.5) is 4.79 Å². The molecule has 19 heavy (non-hydrogen) atoms. The minimum Gasteiger partial charge on any atom is -0.481 e. The maximum Gasteiger partial charge on any atom is 0.320 e. The summed E-state index contributed by atoms with van der Waals surface area (Å²) in [5.74, 6) is -0.652. The van der Waals surface area contributed by atoms with Gasteiger partial charge >= 0.3 is 12.0 Å². The Balaban J connectivity index is 1.55. The van der Waals surface area contributed by atoms with E-state index in [1.54, 1.807) is 4.90 Å². The summed E-state index contributed by atoms with van der Waals surface area (Å²) in [6.45, 7) is 2.46. The van der Waals surface area contributed by atoms with Gasteiger partial charge in [0.2, 0.25) is 0 Å². The maximum atomic E-state index is 12.4. The highest BCUT2D eigenvalue weighted by atomic mass is 16.5. The molecular weight excluding hydrogens is 248 g/mol. The standard InChI is InChI=1S/C13H20N2O4/c16-12(17)6-9-7-14(8-9)13(18)15-4-5-19-11-3-1-2-10(11)15/h9-11H,1-8H2,(H,16,17). The van der Waals surface area contributed by atoms with Gasteiger partial charge in [-0.1, -0.05) is 0 Å². The van der Waals surface area contributed by atoms with Crippen LogP contribution in [0.5, 0.6) is 0 Å². The fourth-order valence-electron chi connectivity index (χ4n) is 3.45. The number of fused-ring (bicyclic) bond motifs is 1. The molecule has 1 N–H and O–H groups in total. The highest BCUT2D eigenvalue weighted by Crippen LogP contribution is 2.31. The zero-order valence-electron chi connectivity index (χ0n) is 11.0. The normalized spacial score (nSPS) is 30.9. The number of carboxylic acid groups (broad SMARTS) is 1. The molecule has 6 heteroatoms. The maximum absolute atomic E-state index is 12.4. The molecule has 3 aliphatic rings. The van der Waals surface area contributed by atoms with E-state index < -0.39 is 5.97 Å². The van der Waals surface area contributed by atoms with E-state index in [-0.39, 0.29) is 30.5 Å². The number of morpholine rings is 1. The molecule has 3 fully saturated rings. The predicted octanol–water partition coefficient (Wildman–Crippen LogP) is 0.766. The fourth-order valence-corrected chi connectivity index (χ4v) is 3.45. The number of hydrogen-bond acceptors (Lipinski definition) is 3. The Morgan fingerprint density at radius 1 is 1.26 bits per heavy atom. The van der Waals surface area contributed by atoms with Crippen molar-refractivity contribution in [3.05, 3.63) is 0 Å². The summed E-state index contributed by atoms with van der Waals surface area (Å²) in [4.78, 5) is 26.7. The number of nitrogens with zero attached hydrogens (tertiary/aromatic N) is 2. The van der Waals surface area contributed by atoms with Crippen LogP contribution >= 0.6 is 0 Å². The first kappa shape index (κ1) is 12.7. The van der Waals surface area contributed by atoms with Crippen LogP contribution in [0.1, 0.15) is 25.7 Å². The summed E-state index contributed by atoms with van der Waals surface area (Å²) in [5.41, 5.74) is 0. The summed E-state index contributed by atoms with van der Waals surface area (Å²) in [6.07, 6.45) is 3.59. The number of likely N-dealkylation sites (tertiary alicyclic amines) is 1. The lowest BCUT2D eigenvalue weighted by atomic mass is 9.97. The first-order valence-corrected chi connectivity index (χ1v) is 7.04. The largest absolute Gasteiger partial charge is 0.481 e. The zero-order valence-corrected chi connectivity index (χ0v) is 11.0. The summed E-state index contributed by atoms with van der Waals surface area (Å²) in [7, 11) is 0. The van der Waals surface area contributed by atoms with Gasteiger partial charge in [-0.25, -0.2) is 4.79 Å². The first-order chi connectivity index (χ1) is 9.15. The molecule has 2 saturated heterocycles. The summed E-state index contributed by atoms with van der Waals surface area (Å²) in [6, 6.07) is 0.307. The Bertz CT molecular complexity index is 381. The highest BCUT2D eigenvalue weighted by Gasteiger charge is 2.42. The number of hydrogen-bond donors (Lipinski definition) is 1. The summed E-state index contributed by atoms with van der Waals surface area (Å²) in [5, 5.41) is 8.72. The van der Waals surface area contributed by atoms with Crippen molar-refractivity contribution in [1.82, 2.24) is 9.80 Å². The average molecular weight is 268 g/mol. The number of aliphatic carboxylic acids is 1. The van der Waals surface area contributed by atoms with Crippen molar-refractivity contribution in [2.45, 2.75) is 37.8 Å². The zero-order chi connectivity index (χ0) is 13.4. The molecule has 3 rings (SSSR count). The van der Waals surface area contributed by atoms with Crippen LogP contribution in [0.15, 0.2) is 0 Å². The van der Waals surface area contributed by atoms with Gasteiger partial charge in [0.15, 0.2) is 0 Å². The second kappa shape index (κ2) is 5.00. The first-order valence-electron chi connectivity index (χ1n) is 7.04. The molecule has 6 nitrogen and oxygen atoms in total. The van der Waals surface area contributed by atoms with Crippen molar-refractivity contribution in [2.75, 3.05) is 26.2 Å². The SMILES string of the molecule is O=C(O)CC1CN(C(=O)N2CCOC3CCCC32)C1. The Morgan fingerprint density at radius 3 is 2.79 bits per heavy atom. The van der Waals surface area contributed by atoms with E-state index in [0.717, 1.165) is 19.3 Å². The summed E-state index contributed by atoms with van der Waals surface area (Å²) >= 11 is 0. The van der Waals surface area contributed by atoms with E-state index in [1.807, 2.05) is 4.90 Å². The minimum absolute atomic E-state index is 0.0711. The number of urea groups is 1. The van der Waals surface area contributed by atoms with Crippen molar-refractivity contribution in [2.24, 2.45) is 5.92 Å². The number of carbonyl (C=O) groups is 2. The molecule has 1 aliphatic carbocycles. The van der Waals surface area contributed by atoms with E-state index in [2.05, 4.69) is 0 Å². The van der Waals surface area contributed by atoms with Crippen LogP contribution in [-0.2, 0) is 9.53 Å². The van der Waals surface area contributed by atoms with E-state index in [1.165, 1.54) is 0 Å². The number of carboxylic acids is 1. The van der Waals surface area contributed by atoms with Crippen LogP contribution in [0.3, 0.4) is 0 Å². The lowest BCUT2D eigenvalue weighted by Gasteiger charge is -2.45. The molecule has 0 aromatic carbocycles. The van der Waals surface area contributed by atoms with E-state index >= 15 is 0 Å². The molecule has 2 unspecified atom stereocenters. The molecule has 2 aliphatic heterocycles. The lowest BCUT2D eigenvalue weighted by Crippen LogP contribution is -2.60. The molecule has 2 heterocycles. The third-order valence-corrected chi connectivity index (χ3v) is 4.42. The topological polar surface area (TPSA) is 70.1 Å². The molecule has 0 bridgehead atoms. The van der Waals surface area contributed by atoms with Crippen LogP contribution in [0.2, 0.25) is 0 Å². The Hall–Kier alpha value is -1.30. The Labute approximate surface area is 112 Å². The number of amides is 2. The van der Waals surface area contributed by atoms with Crippen molar-refractivity contribution in [3.63, 3.8) is 0 Å². The van der Waals surface area contributed by atoms with Gasteiger partial charge in [-0.3, -0.25) is 4.79 Å². The van der Waals surface area contributed by atoms with E-state index in [4.69, 9.17) is 9.84 Å². The molecule has 106 valence electrons. The van der Waals surface area contributed by atoms with Gasteiger partial charge in [0.25, 0.3) is 0 Å². The number of ether oxygens (including phenoxy) is 1. The molecule has 0 spiro atoms. The van der Waals surface area contributed by atoms with E-state index in [0.29, 0.717) is 26.2 Å². The van der Waals surface area contributed by atoms with Gasteiger partial charge < -0.3 is 19.6 Å². The third-order valence-electron chi connectivity index (χ3n) is 4.42. The van der Waals surface area contributed by atoms with Crippen LogP contribution in [0.25, 0.3) is 0 Å². The van der Waals surface area contributed by atoms with Gasteiger partial charge in [-0.2, -0.15) is 0 Å². The predicted molar refractivity (Wildman–Crippen MR) is 66.8 cm³/mol. The van der Waals surface area contributed by atoms with Gasteiger partial charge in [0.05, 0.1) is 25.2 Å². The Morgan fingerprint density at radius 2 is 2.05 bits per heavy atom. The summed E-state index contributed by atoms with van der Waals surface area (Å²) < 4.78 is 5.70. The molecule has 0 radical (unpaired) electrons. The number of rotatable bonds is 2. The van der Waals surface area contributed by atoms with Crippen molar-refractivity contribution >= 4 is 12.0 Å². The lowest BCUT2D eigenvalue weighted by molar-refractivity contribution is -0.139. The average Bonchev–Trinajstić information content (AvgIpc) is 2.80. The van der Waals surface area contributed by atoms with Gasteiger partial charge in [-0.05, 0) is 19.3 Å². The molecule has 0 aromatic heterocycles. The van der Waals surface area contributed by atoms with Gasteiger partial charge in [0, 0.05) is 25.6 Å². The second-order valence-electron chi connectivity index (χ2n) is 5.75. The number of carbonyl (C=O) groups excluding carboxylic acids is 1. The monoisotopic (exact) mass is 268 g/mol. The fraction of sp³-hybridized carbons (Fsp3) is 0.846. The molecule has 2 atom stereocenters. The van der Waals surface area contributed by atoms with E-state index in [9.17, 15) is 9.59 Å². The van der Waals surface area contributed by atoms with Gasteiger partial charge in [-0.15, -0.1) is 0 Å². The van der Waals surface area contributed by atoms with Gasteiger partial charge in [0.1, 0.15) is 0 Å². The third kappa shape index (κ3) is 2.41. The van der Waals surface area contributed by atoms with Crippen LogP contribution in [-0.4, -0.2) is 65.3 Å². The molecule has 2 amide bonds. The molecular formula is C13H20N2O4. The Kier molecular flexibility index (Phi) is 3.35. The quantitative estimate of drug-likeness (QED) is 0.803. The smallest absolute Gasteiger partial charge is 0.320 e. The molecule has 0 aromatic rings. The second-order valence-corrected chi connectivity index (χ2v) is 5.75. The van der Waals surface area contributed by atoms with Crippen LogP contribution < -0.4 is 0 Å². The van der Waals surface area contributed by atoms with Crippen molar-refractivity contribution in [3.8, 4) is 0 Å². The van der Waals surface area contributed by atoms with Crippen molar-refractivity contribution < 1.29 is 19.4 Å². The minimum atomic E-state index is -0.778. The van der Waals surface area contributed by atoms with Crippen molar-refractivity contribution in [1.29, 1.82) is 0 Å². The van der Waals surface area contributed by atoms with Crippen LogP contribution in [0, 0.1) is 5.92 Å².